The van der Waals surface area contributed by atoms with Crippen LogP contribution in [0.25, 0.3) is 0 Å². The summed E-state index contributed by atoms with van der Waals surface area (Å²) in [6.45, 7) is 0.877. The lowest BCUT2D eigenvalue weighted by atomic mass is 10.1. The van der Waals surface area contributed by atoms with Gasteiger partial charge in [0.15, 0.2) is 0 Å². The molecule has 0 saturated heterocycles. The van der Waals surface area contributed by atoms with Gasteiger partial charge in [-0.2, -0.15) is 0 Å². The molecule has 0 spiro atoms. The molecule has 0 unspecified atom stereocenters. The molecular weight excluding hydrogens is 317 g/mol. The lowest BCUT2D eigenvalue weighted by molar-refractivity contribution is 0.622. The Bertz CT molecular complexity index is 612. The first kappa shape index (κ1) is 13.6. The summed E-state index contributed by atoms with van der Waals surface area (Å²) in [5.74, 6) is -0.140. The van der Waals surface area contributed by atoms with Crippen molar-refractivity contribution in [2.24, 2.45) is 0 Å². The van der Waals surface area contributed by atoms with Gasteiger partial charge < -0.3 is 4.90 Å². The highest BCUT2D eigenvalue weighted by Crippen LogP contribution is 2.34. The summed E-state index contributed by atoms with van der Waals surface area (Å²) < 4.78 is 14.4. The SMILES string of the molecule is Fc1cc(CBr)ccc1N1CCCCc2ccccc21. The minimum Gasteiger partial charge on any atom is -0.339 e. The fourth-order valence-electron chi connectivity index (χ4n) is 2.79. The van der Waals surface area contributed by atoms with Crippen LogP contribution in [-0.2, 0) is 11.8 Å². The van der Waals surface area contributed by atoms with E-state index in [1.165, 1.54) is 5.56 Å². The minimum absolute atomic E-state index is 0.140. The van der Waals surface area contributed by atoms with Gasteiger partial charge in [-0.25, -0.2) is 4.39 Å². The molecule has 1 nitrogen and oxygen atoms in total. The Morgan fingerprint density at radius 3 is 2.70 bits per heavy atom. The third kappa shape index (κ3) is 2.59. The summed E-state index contributed by atoms with van der Waals surface area (Å²) in [4.78, 5) is 2.12. The lowest BCUT2D eigenvalue weighted by Crippen LogP contribution is -2.19. The van der Waals surface area contributed by atoms with E-state index in [1.807, 2.05) is 18.2 Å². The molecule has 3 heteroatoms. The van der Waals surface area contributed by atoms with Gasteiger partial charge >= 0.3 is 0 Å². The van der Waals surface area contributed by atoms with Crippen molar-refractivity contribution in [1.29, 1.82) is 0 Å². The topological polar surface area (TPSA) is 3.24 Å². The number of anilines is 2. The molecule has 1 aliphatic rings. The smallest absolute Gasteiger partial charge is 0.147 e. The monoisotopic (exact) mass is 333 g/mol. The van der Waals surface area contributed by atoms with Crippen LogP contribution in [0, 0.1) is 5.82 Å². The number of rotatable bonds is 2. The number of halogens is 2. The Hall–Kier alpha value is -1.35. The van der Waals surface area contributed by atoms with Crippen LogP contribution in [-0.4, -0.2) is 6.54 Å². The third-order valence-electron chi connectivity index (χ3n) is 3.82. The van der Waals surface area contributed by atoms with Crippen molar-refractivity contribution in [1.82, 2.24) is 0 Å². The second kappa shape index (κ2) is 5.96. The van der Waals surface area contributed by atoms with Gasteiger partial charge in [-0.05, 0) is 48.6 Å². The fraction of sp³-hybridized carbons (Fsp3) is 0.294. The fourth-order valence-corrected chi connectivity index (χ4v) is 3.14. The number of nitrogens with zero attached hydrogens (tertiary/aromatic N) is 1. The van der Waals surface area contributed by atoms with Gasteiger partial charge in [0.1, 0.15) is 5.82 Å². The van der Waals surface area contributed by atoms with Crippen molar-refractivity contribution >= 4 is 27.3 Å². The number of alkyl halides is 1. The zero-order valence-electron chi connectivity index (χ0n) is 11.3. The highest BCUT2D eigenvalue weighted by molar-refractivity contribution is 9.08. The lowest BCUT2D eigenvalue weighted by Gasteiger charge is -2.25. The van der Waals surface area contributed by atoms with E-state index >= 15 is 0 Å². The summed E-state index contributed by atoms with van der Waals surface area (Å²) in [6, 6.07) is 13.8. The average molecular weight is 334 g/mol. The molecule has 0 radical (unpaired) electrons. The molecule has 0 atom stereocenters. The first-order chi connectivity index (χ1) is 9.79. The first-order valence-corrected chi connectivity index (χ1v) is 8.11. The maximum absolute atomic E-state index is 14.4. The summed E-state index contributed by atoms with van der Waals surface area (Å²) in [7, 11) is 0. The minimum atomic E-state index is -0.140. The van der Waals surface area contributed by atoms with Crippen LogP contribution < -0.4 is 4.90 Å². The van der Waals surface area contributed by atoms with E-state index in [1.54, 1.807) is 6.07 Å². The van der Waals surface area contributed by atoms with Gasteiger partial charge in [-0.1, -0.05) is 40.2 Å². The number of fused-ring (bicyclic) bond motifs is 1. The third-order valence-corrected chi connectivity index (χ3v) is 4.46. The summed E-state index contributed by atoms with van der Waals surface area (Å²) in [6.07, 6.45) is 3.33. The second-order valence-electron chi connectivity index (χ2n) is 5.16. The zero-order valence-corrected chi connectivity index (χ0v) is 12.9. The highest BCUT2D eigenvalue weighted by atomic mass is 79.9. The second-order valence-corrected chi connectivity index (χ2v) is 5.72. The van der Waals surface area contributed by atoms with E-state index in [0.717, 1.165) is 37.1 Å². The summed E-state index contributed by atoms with van der Waals surface area (Å²) in [5, 5.41) is 0.681. The molecule has 20 heavy (non-hydrogen) atoms. The van der Waals surface area contributed by atoms with Crippen molar-refractivity contribution < 1.29 is 4.39 Å². The number of aryl methyl sites for hydroxylation is 1. The molecule has 3 rings (SSSR count). The molecular formula is C17H17BrFN. The average Bonchev–Trinajstić information content (AvgIpc) is 2.69. The van der Waals surface area contributed by atoms with Gasteiger partial charge in [0.05, 0.1) is 5.69 Å². The van der Waals surface area contributed by atoms with Crippen LogP contribution in [0.1, 0.15) is 24.0 Å². The van der Waals surface area contributed by atoms with Crippen LogP contribution in [0.3, 0.4) is 0 Å². The molecule has 0 bridgehead atoms. The van der Waals surface area contributed by atoms with E-state index in [-0.39, 0.29) is 5.82 Å². The number of para-hydroxylation sites is 1. The molecule has 0 fully saturated rings. The maximum Gasteiger partial charge on any atom is 0.147 e. The van der Waals surface area contributed by atoms with Gasteiger partial charge in [-0.15, -0.1) is 0 Å². The quantitative estimate of drug-likeness (QED) is 0.683. The van der Waals surface area contributed by atoms with Gasteiger partial charge in [-0.3, -0.25) is 0 Å². The number of hydrogen-bond acceptors (Lipinski definition) is 1. The van der Waals surface area contributed by atoms with Gasteiger partial charge in [0.2, 0.25) is 0 Å². The van der Waals surface area contributed by atoms with Crippen LogP contribution in [0.5, 0.6) is 0 Å². The largest absolute Gasteiger partial charge is 0.339 e. The van der Waals surface area contributed by atoms with Crippen LogP contribution in [0.2, 0.25) is 0 Å². The summed E-state index contributed by atoms with van der Waals surface area (Å²) >= 11 is 3.37. The Kier molecular flexibility index (Phi) is 4.06. The van der Waals surface area contributed by atoms with Crippen molar-refractivity contribution in [3.63, 3.8) is 0 Å². The molecule has 1 aliphatic heterocycles. The van der Waals surface area contributed by atoms with Crippen molar-refractivity contribution in [3.05, 3.63) is 59.4 Å². The maximum atomic E-state index is 14.4. The van der Waals surface area contributed by atoms with Crippen LogP contribution >= 0.6 is 15.9 Å². The molecule has 2 aromatic rings. The van der Waals surface area contributed by atoms with Gasteiger partial charge in [0, 0.05) is 17.6 Å². The normalized spacial score (nSPS) is 14.8. The van der Waals surface area contributed by atoms with E-state index < -0.39 is 0 Å². The van der Waals surface area contributed by atoms with Gasteiger partial charge in [0.25, 0.3) is 0 Å². The zero-order chi connectivity index (χ0) is 13.9. The van der Waals surface area contributed by atoms with Crippen molar-refractivity contribution in [3.8, 4) is 0 Å². The van der Waals surface area contributed by atoms with Crippen LogP contribution in [0.15, 0.2) is 42.5 Å². The first-order valence-electron chi connectivity index (χ1n) is 6.99. The number of hydrogen-bond donors (Lipinski definition) is 0. The Labute approximate surface area is 127 Å². The van der Waals surface area contributed by atoms with Crippen molar-refractivity contribution in [2.75, 3.05) is 11.4 Å². The standard InChI is InChI=1S/C17H17BrFN/c18-12-13-8-9-17(15(19)11-13)20-10-4-3-6-14-5-1-2-7-16(14)20/h1-2,5,7-9,11H,3-4,6,10,12H2. The molecule has 0 amide bonds. The highest BCUT2D eigenvalue weighted by Gasteiger charge is 2.19. The van der Waals surface area contributed by atoms with E-state index in [4.69, 9.17) is 0 Å². The summed E-state index contributed by atoms with van der Waals surface area (Å²) in [5.41, 5.74) is 4.11. The molecule has 104 valence electrons. The Morgan fingerprint density at radius 1 is 1.05 bits per heavy atom. The van der Waals surface area contributed by atoms with Crippen LogP contribution in [0.4, 0.5) is 15.8 Å². The van der Waals surface area contributed by atoms with E-state index in [0.29, 0.717) is 11.0 Å². The predicted octanol–water partition coefficient (Wildman–Crippen LogP) is 5.20. The number of benzene rings is 2. The molecule has 2 aromatic carbocycles. The Balaban J connectivity index is 2.05. The molecule has 0 N–H and O–H groups in total. The van der Waals surface area contributed by atoms with E-state index in [9.17, 15) is 4.39 Å². The Morgan fingerprint density at radius 2 is 1.90 bits per heavy atom. The molecule has 1 heterocycles. The van der Waals surface area contributed by atoms with E-state index in [2.05, 4.69) is 39.0 Å². The molecule has 0 aliphatic carbocycles. The predicted molar refractivity (Wildman–Crippen MR) is 85.4 cm³/mol. The molecule has 0 saturated carbocycles. The molecule has 0 aromatic heterocycles. The van der Waals surface area contributed by atoms with Crippen molar-refractivity contribution in [2.45, 2.75) is 24.6 Å².